The largest absolute Gasteiger partial charge is 0.340 e. The number of fused-ring (bicyclic) bond motifs is 1. The summed E-state index contributed by atoms with van der Waals surface area (Å²) in [5, 5.41) is 8.37. The molecule has 2 aliphatic rings. The number of hydrogen-bond acceptors (Lipinski definition) is 5. The van der Waals surface area contributed by atoms with E-state index in [9.17, 15) is 9.18 Å². The molecule has 1 amide bonds. The van der Waals surface area contributed by atoms with Gasteiger partial charge in [0.25, 0.3) is 5.91 Å². The van der Waals surface area contributed by atoms with Gasteiger partial charge in [-0.3, -0.25) is 9.69 Å². The topological polar surface area (TPSA) is 65.8 Å². The van der Waals surface area contributed by atoms with Crippen LogP contribution in [0.4, 0.5) is 15.9 Å². The number of piperazine rings is 1. The van der Waals surface area contributed by atoms with Crippen LogP contribution in [0.1, 0.15) is 40.4 Å². The Labute approximate surface area is 238 Å². The molecule has 206 valence electrons. The lowest BCUT2D eigenvalue weighted by Gasteiger charge is -2.34. The summed E-state index contributed by atoms with van der Waals surface area (Å²) in [5.74, 6) is 1.18. The number of carbonyl (C=O) groups excluding carboxylic acids is 1. The van der Waals surface area contributed by atoms with Crippen LogP contribution in [0.15, 0.2) is 91.0 Å². The van der Waals surface area contributed by atoms with E-state index < -0.39 is 0 Å². The van der Waals surface area contributed by atoms with E-state index in [0.717, 1.165) is 59.3 Å². The fourth-order valence-electron chi connectivity index (χ4n) is 5.40. The van der Waals surface area contributed by atoms with Crippen LogP contribution in [0.3, 0.4) is 0 Å². The molecule has 3 aromatic carbocycles. The van der Waals surface area contributed by atoms with Gasteiger partial charge in [0.2, 0.25) is 0 Å². The molecule has 7 nitrogen and oxygen atoms in total. The zero-order valence-electron chi connectivity index (χ0n) is 22.7. The van der Waals surface area contributed by atoms with Crippen LogP contribution >= 0.6 is 0 Å². The maximum atomic E-state index is 13.2. The maximum absolute atomic E-state index is 13.2. The van der Waals surface area contributed by atoms with Crippen molar-refractivity contribution >= 4 is 23.1 Å². The first-order chi connectivity index (χ1) is 20.1. The van der Waals surface area contributed by atoms with Crippen molar-refractivity contribution in [3.05, 3.63) is 114 Å². The summed E-state index contributed by atoms with van der Waals surface area (Å²) in [6.07, 6.45) is 2.36. The summed E-state index contributed by atoms with van der Waals surface area (Å²) in [5.41, 5.74) is 6.46. The Hall–Kier alpha value is -4.56. The lowest BCUT2D eigenvalue weighted by Crippen LogP contribution is -2.48. The van der Waals surface area contributed by atoms with E-state index in [1.165, 1.54) is 25.0 Å². The lowest BCUT2D eigenvalue weighted by molar-refractivity contribution is 0.0628. The van der Waals surface area contributed by atoms with Crippen molar-refractivity contribution in [3.63, 3.8) is 0 Å². The van der Waals surface area contributed by atoms with Crippen LogP contribution in [0.5, 0.6) is 0 Å². The van der Waals surface area contributed by atoms with Crippen molar-refractivity contribution in [2.75, 3.05) is 31.5 Å². The molecule has 41 heavy (non-hydrogen) atoms. The van der Waals surface area contributed by atoms with Crippen LogP contribution in [0, 0.1) is 5.82 Å². The number of hydrogen-bond donors (Lipinski definition) is 1. The number of aromatic nitrogens is 3. The molecule has 3 heterocycles. The predicted octanol–water partition coefficient (Wildman–Crippen LogP) is 6.11. The summed E-state index contributed by atoms with van der Waals surface area (Å²) in [6, 6.07) is 28.5. The van der Waals surface area contributed by atoms with E-state index in [2.05, 4.69) is 28.4 Å². The first-order valence-corrected chi connectivity index (χ1v) is 14.2. The smallest absolute Gasteiger partial charge is 0.253 e. The Balaban J connectivity index is 1.05. The monoisotopic (exact) mass is 546 g/mol. The van der Waals surface area contributed by atoms with E-state index in [0.29, 0.717) is 24.6 Å². The molecule has 0 radical (unpaired) electrons. The van der Waals surface area contributed by atoms with Crippen LogP contribution in [-0.4, -0.2) is 56.5 Å². The Morgan fingerprint density at radius 3 is 2.32 bits per heavy atom. The number of nitrogens with zero attached hydrogens (tertiary/aromatic N) is 5. The van der Waals surface area contributed by atoms with Gasteiger partial charge in [0.1, 0.15) is 11.6 Å². The van der Waals surface area contributed by atoms with Crippen molar-refractivity contribution in [2.45, 2.75) is 25.3 Å². The zero-order chi connectivity index (χ0) is 27.8. The van der Waals surface area contributed by atoms with E-state index in [4.69, 9.17) is 10.1 Å². The van der Waals surface area contributed by atoms with E-state index in [1.807, 2.05) is 70.1 Å². The number of nitrogens with one attached hydrogen (secondary N) is 1. The normalized spacial score (nSPS) is 15.8. The molecular formula is C33H31FN6O. The minimum absolute atomic E-state index is 0.0387. The minimum atomic E-state index is -0.222. The van der Waals surface area contributed by atoms with E-state index in [-0.39, 0.29) is 11.7 Å². The molecule has 2 fully saturated rings. The summed E-state index contributed by atoms with van der Waals surface area (Å²) >= 11 is 0. The minimum Gasteiger partial charge on any atom is -0.340 e. The Kier molecular flexibility index (Phi) is 6.68. The molecule has 1 aliphatic heterocycles. The van der Waals surface area contributed by atoms with E-state index in [1.54, 1.807) is 0 Å². The molecule has 1 aliphatic carbocycles. The highest BCUT2D eigenvalue weighted by Crippen LogP contribution is 2.40. The summed E-state index contributed by atoms with van der Waals surface area (Å²) < 4.78 is 15.1. The highest BCUT2D eigenvalue weighted by atomic mass is 19.1. The molecular weight excluding hydrogens is 515 g/mol. The second-order valence-corrected chi connectivity index (χ2v) is 10.9. The zero-order valence-corrected chi connectivity index (χ0v) is 22.7. The standard InChI is InChI=1S/C33H31FN6O/c34-27-12-6-23(7-13-27)22-38-16-18-39(19-17-38)33(41)26-10-14-28(15-11-26)35-31-20-29(24-4-2-1-3-5-24)36-32-21-30(25-8-9-25)37-40(31)32/h1-7,10-15,20-21,25,35H,8-9,16-19,22H2. The van der Waals surface area contributed by atoms with E-state index >= 15 is 0 Å². The Morgan fingerprint density at radius 2 is 1.61 bits per heavy atom. The van der Waals surface area contributed by atoms with Crippen LogP contribution in [0.2, 0.25) is 0 Å². The first kappa shape index (κ1) is 25.4. The predicted molar refractivity (Wildman–Crippen MR) is 158 cm³/mol. The number of benzene rings is 3. The van der Waals surface area contributed by atoms with Gasteiger partial charge in [0.05, 0.1) is 11.4 Å². The van der Waals surface area contributed by atoms with Gasteiger partial charge in [-0.1, -0.05) is 42.5 Å². The first-order valence-electron chi connectivity index (χ1n) is 14.2. The molecule has 7 rings (SSSR count). The third-order valence-corrected chi connectivity index (χ3v) is 7.89. The third kappa shape index (κ3) is 5.56. The fraction of sp³-hybridized carbons (Fsp3) is 0.242. The molecule has 2 aromatic heterocycles. The number of halogens is 1. The second kappa shape index (κ2) is 10.8. The SMILES string of the molecule is O=C(c1ccc(Nc2cc(-c3ccccc3)nc3cc(C4CC4)nn23)cc1)N1CCN(Cc2ccc(F)cc2)CC1. The van der Waals surface area contributed by atoms with Crippen LogP contribution in [0.25, 0.3) is 16.9 Å². The molecule has 1 saturated carbocycles. The number of anilines is 2. The Morgan fingerprint density at radius 1 is 0.878 bits per heavy atom. The van der Waals surface area contributed by atoms with Gasteiger partial charge >= 0.3 is 0 Å². The van der Waals surface area contributed by atoms with Gasteiger partial charge in [0.15, 0.2) is 5.65 Å². The molecule has 1 N–H and O–H groups in total. The van der Waals surface area contributed by atoms with Crippen molar-refractivity contribution in [2.24, 2.45) is 0 Å². The molecule has 0 bridgehead atoms. The third-order valence-electron chi connectivity index (χ3n) is 7.89. The van der Waals surface area contributed by atoms with Crippen LogP contribution in [-0.2, 0) is 6.54 Å². The fourth-order valence-corrected chi connectivity index (χ4v) is 5.40. The van der Waals surface area contributed by atoms with Crippen molar-refractivity contribution in [1.82, 2.24) is 24.4 Å². The number of carbonyl (C=O) groups is 1. The highest BCUT2D eigenvalue weighted by Gasteiger charge is 2.27. The van der Waals surface area contributed by atoms with Gasteiger partial charge in [-0.05, 0) is 54.8 Å². The summed E-state index contributed by atoms with van der Waals surface area (Å²) in [7, 11) is 0. The van der Waals surface area contributed by atoms with Crippen molar-refractivity contribution in [3.8, 4) is 11.3 Å². The molecule has 0 spiro atoms. The molecule has 0 unspecified atom stereocenters. The molecule has 5 aromatic rings. The van der Waals surface area contributed by atoms with Gasteiger partial charge in [-0.25, -0.2) is 9.37 Å². The average molecular weight is 547 g/mol. The van der Waals surface area contributed by atoms with Gasteiger partial charge < -0.3 is 10.2 Å². The molecule has 0 atom stereocenters. The van der Waals surface area contributed by atoms with Crippen molar-refractivity contribution in [1.29, 1.82) is 0 Å². The van der Waals surface area contributed by atoms with Gasteiger partial charge in [0, 0.05) is 67.6 Å². The quantitative estimate of drug-likeness (QED) is 0.267. The number of rotatable bonds is 7. The molecule has 8 heteroatoms. The van der Waals surface area contributed by atoms with Crippen LogP contribution < -0.4 is 5.32 Å². The van der Waals surface area contributed by atoms with Gasteiger partial charge in [-0.15, -0.1) is 0 Å². The molecule has 1 saturated heterocycles. The number of amides is 1. The lowest BCUT2D eigenvalue weighted by atomic mass is 10.1. The van der Waals surface area contributed by atoms with Gasteiger partial charge in [-0.2, -0.15) is 9.61 Å². The van der Waals surface area contributed by atoms with Crippen molar-refractivity contribution < 1.29 is 9.18 Å². The highest BCUT2D eigenvalue weighted by molar-refractivity contribution is 5.94. The second-order valence-electron chi connectivity index (χ2n) is 10.9. The summed E-state index contributed by atoms with van der Waals surface area (Å²) in [6.45, 7) is 3.67. The Bertz CT molecular complexity index is 1670. The maximum Gasteiger partial charge on any atom is 0.253 e. The average Bonchev–Trinajstić information content (AvgIpc) is 3.77. The summed E-state index contributed by atoms with van der Waals surface area (Å²) in [4.78, 5) is 22.3.